The van der Waals surface area contributed by atoms with E-state index in [4.69, 9.17) is 10.5 Å². The number of nitrogens with zero attached hydrogens (tertiary/aromatic N) is 1. The molecule has 3 rings (SSSR count). The highest BCUT2D eigenvalue weighted by Crippen LogP contribution is 2.25. The number of hydrogen-bond acceptors (Lipinski definition) is 4. The Labute approximate surface area is 175 Å². The van der Waals surface area contributed by atoms with Crippen LogP contribution < -0.4 is 5.73 Å². The summed E-state index contributed by atoms with van der Waals surface area (Å²) >= 11 is 0. The molecule has 2 aromatic carbocycles. The van der Waals surface area contributed by atoms with Crippen LogP contribution in [-0.2, 0) is 16.1 Å². The molecule has 0 bridgehead atoms. The molecule has 0 saturated carbocycles. The van der Waals surface area contributed by atoms with Gasteiger partial charge in [0, 0.05) is 12.6 Å². The third kappa shape index (κ3) is 5.91. The summed E-state index contributed by atoms with van der Waals surface area (Å²) in [6.45, 7) is 7.33. The van der Waals surface area contributed by atoms with Crippen LogP contribution in [-0.4, -0.2) is 30.6 Å². The summed E-state index contributed by atoms with van der Waals surface area (Å²) in [5, 5.41) is 0. The van der Waals surface area contributed by atoms with Crippen molar-refractivity contribution in [1.82, 2.24) is 4.90 Å². The van der Waals surface area contributed by atoms with Crippen molar-refractivity contribution < 1.29 is 9.53 Å². The zero-order valence-corrected chi connectivity index (χ0v) is 17.8. The predicted molar refractivity (Wildman–Crippen MR) is 118 cm³/mol. The van der Waals surface area contributed by atoms with Crippen LogP contribution >= 0.6 is 0 Å². The zero-order chi connectivity index (χ0) is 20.6. The molecular weight excluding hydrogens is 360 g/mol. The summed E-state index contributed by atoms with van der Waals surface area (Å²) in [6, 6.07) is 17.6. The summed E-state index contributed by atoms with van der Waals surface area (Å²) in [6.07, 6.45) is 3.91. The highest BCUT2D eigenvalue weighted by molar-refractivity contribution is 5.72. The van der Waals surface area contributed by atoms with Gasteiger partial charge in [-0.3, -0.25) is 9.69 Å². The molecule has 1 unspecified atom stereocenters. The van der Waals surface area contributed by atoms with E-state index < -0.39 is 0 Å². The molecule has 0 aromatic heterocycles. The van der Waals surface area contributed by atoms with Gasteiger partial charge >= 0.3 is 5.97 Å². The van der Waals surface area contributed by atoms with E-state index in [0.717, 1.165) is 45.3 Å². The van der Waals surface area contributed by atoms with Crippen LogP contribution in [0.4, 0.5) is 0 Å². The van der Waals surface area contributed by atoms with Crippen LogP contribution in [0.2, 0.25) is 0 Å². The van der Waals surface area contributed by atoms with E-state index in [9.17, 15) is 4.79 Å². The first-order valence-electron chi connectivity index (χ1n) is 10.9. The molecular formula is C25H34N2O2. The topological polar surface area (TPSA) is 55.6 Å². The number of esters is 1. The number of hydrogen-bond donors (Lipinski definition) is 1. The first kappa shape index (κ1) is 21.5. The molecule has 0 aliphatic carbocycles. The fourth-order valence-electron chi connectivity index (χ4n) is 4.05. The monoisotopic (exact) mass is 394 g/mol. The molecule has 2 N–H and O–H groups in total. The first-order chi connectivity index (χ1) is 14.1. The Morgan fingerprint density at radius 2 is 1.62 bits per heavy atom. The molecule has 0 radical (unpaired) electrons. The molecule has 2 aromatic rings. The van der Waals surface area contributed by atoms with Gasteiger partial charge in [-0.25, -0.2) is 0 Å². The minimum absolute atomic E-state index is 0.0295. The Morgan fingerprint density at radius 3 is 2.17 bits per heavy atom. The van der Waals surface area contributed by atoms with Crippen molar-refractivity contribution in [3.8, 4) is 11.1 Å². The van der Waals surface area contributed by atoms with Crippen LogP contribution in [0.3, 0.4) is 0 Å². The number of ether oxygens (including phenoxy) is 1. The molecule has 1 aliphatic heterocycles. The van der Waals surface area contributed by atoms with Gasteiger partial charge in [-0.2, -0.15) is 0 Å². The number of nitrogens with two attached hydrogens (primary N) is 1. The van der Waals surface area contributed by atoms with Crippen molar-refractivity contribution in [1.29, 1.82) is 0 Å². The van der Waals surface area contributed by atoms with Gasteiger partial charge in [0.15, 0.2) is 0 Å². The predicted octanol–water partition coefficient (Wildman–Crippen LogP) is 4.93. The summed E-state index contributed by atoms with van der Waals surface area (Å²) < 4.78 is 5.16. The molecule has 156 valence electrons. The summed E-state index contributed by atoms with van der Waals surface area (Å²) in [5.74, 6) is 0.0418. The van der Waals surface area contributed by atoms with Crippen molar-refractivity contribution in [2.75, 3.05) is 19.7 Å². The van der Waals surface area contributed by atoms with E-state index in [1.807, 2.05) is 6.92 Å². The van der Waals surface area contributed by atoms with Gasteiger partial charge in [0.05, 0.1) is 12.5 Å². The Balaban J connectivity index is 1.54. The normalized spacial score (nSPS) is 16.5. The average Bonchev–Trinajstić information content (AvgIpc) is 2.75. The molecule has 29 heavy (non-hydrogen) atoms. The minimum atomic E-state index is -0.0295. The Bertz CT molecular complexity index is 762. The zero-order valence-electron chi connectivity index (χ0n) is 17.8. The number of rotatable bonds is 8. The maximum atomic E-state index is 11.9. The quantitative estimate of drug-likeness (QED) is 0.645. The number of benzene rings is 2. The van der Waals surface area contributed by atoms with Crippen molar-refractivity contribution in [3.63, 3.8) is 0 Å². The van der Waals surface area contributed by atoms with Crippen molar-refractivity contribution in [2.24, 2.45) is 11.7 Å². The number of likely N-dealkylation sites (tertiary alicyclic amines) is 1. The van der Waals surface area contributed by atoms with Gasteiger partial charge in [0.2, 0.25) is 0 Å². The first-order valence-corrected chi connectivity index (χ1v) is 10.9. The molecule has 4 nitrogen and oxygen atoms in total. The Kier molecular flexibility index (Phi) is 7.84. The van der Waals surface area contributed by atoms with Gasteiger partial charge in [-0.1, -0.05) is 61.9 Å². The van der Waals surface area contributed by atoms with Crippen LogP contribution in [0.1, 0.15) is 56.7 Å². The lowest BCUT2D eigenvalue weighted by Gasteiger charge is -2.30. The third-order valence-corrected chi connectivity index (χ3v) is 5.84. The van der Waals surface area contributed by atoms with Crippen molar-refractivity contribution in [2.45, 2.75) is 52.1 Å². The SMILES string of the molecule is CCCC(N)c1ccc(-c2ccc(CN3CCC(C(=O)OCC)CC3)cc2)cc1. The van der Waals surface area contributed by atoms with Gasteiger partial charge in [-0.05, 0) is 61.5 Å². The smallest absolute Gasteiger partial charge is 0.309 e. The van der Waals surface area contributed by atoms with E-state index in [-0.39, 0.29) is 17.9 Å². The Morgan fingerprint density at radius 1 is 1.03 bits per heavy atom. The third-order valence-electron chi connectivity index (χ3n) is 5.84. The highest BCUT2D eigenvalue weighted by Gasteiger charge is 2.25. The molecule has 1 heterocycles. The molecule has 0 amide bonds. The minimum Gasteiger partial charge on any atom is -0.466 e. The number of carbonyl (C=O) groups excluding carboxylic acids is 1. The van der Waals surface area contributed by atoms with Gasteiger partial charge in [0.1, 0.15) is 0 Å². The lowest BCUT2D eigenvalue weighted by molar-refractivity contribution is -0.149. The largest absolute Gasteiger partial charge is 0.466 e. The lowest BCUT2D eigenvalue weighted by Crippen LogP contribution is -2.36. The van der Waals surface area contributed by atoms with Crippen LogP contribution in [0.15, 0.2) is 48.5 Å². The fourth-order valence-corrected chi connectivity index (χ4v) is 4.05. The summed E-state index contributed by atoms with van der Waals surface area (Å²) in [4.78, 5) is 14.3. The second-order valence-corrected chi connectivity index (χ2v) is 8.02. The van der Waals surface area contributed by atoms with E-state index >= 15 is 0 Å². The second-order valence-electron chi connectivity index (χ2n) is 8.02. The maximum absolute atomic E-state index is 11.9. The maximum Gasteiger partial charge on any atom is 0.309 e. The molecule has 0 spiro atoms. The second kappa shape index (κ2) is 10.6. The molecule has 1 aliphatic rings. The van der Waals surface area contributed by atoms with Gasteiger partial charge < -0.3 is 10.5 Å². The van der Waals surface area contributed by atoms with E-state index in [0.29, 0.717) is 6.61 Å². The summed E-state index contributed by atoms with van der Waals surface area (Å²) in [5.41, 5.74) is 11.2. The number of carbonyl (C=O) groups is 1. The highest BCUT2D eigenvalue weighted by atomic mass is 16.5. The van der Waals surface area contributed by atoms with Gasteiger partial charge in [-0.15, -0.1) is 0 Å². The van der Waals surface area contributed by atoms with Gasteiger partial charge in [0.25, 0.3) is 0 Å². The molecule has 4 heteroatoms. The standard InChI is InChI=1S/C25H34N2O2/c1-3-5-24(26)22-12-10-21(11-13-22)20-8-6-19(7-9-20)18-27-16-14-23(15-17-27)25(28)29-4-2/h6-13,23-24H,3-5,14-18,26H2,1-2H3. The molecule has 1 saturated heterocycles. The van der Waals surface area contributed by atoms with Crippen LogP contribution in [0, 0.1) is 5.92 Å². The molecule has 1 fully saturated rings. The van der Waals surface area contributed by atoms with Crippen molar-refractivity contribution >= 4 is 5.97 Å². The Hall–Kier alpha value is -2.17. The lowest BCUT2D eigenvalue weighted by atomic mass is 9.96. The summed E-state index contributed by atoms with van der Waals surface area (Å²) in [7, 11) is 0. The van der Waals surface area contributed by atoms with Crippen molar-refractivity contribution in [3.05, 3.63) is 59.7 Å². The van der Waals surface area contributed by atoms with Crippen LogP contribution in [0.25, 0.3) is 11.1 Å². The molecule has 1 atom stereocenters. The van der Waals surface area contributed by atoms with E-state index in [1.165, 1.54) is 22.3 Å². The van der Waals surface area contributed by atoms with Crippen LogP contribution in [0.5, 0.6) is 0 Å². The number of piperidine rings is 1. The fraction of sp³-hybridized carbons (Fsp3) is 0.480. The average molecular weight is 395 g/mol. The van der Waals surface area contributed by atoms with E-state index in [2.05, 4.69) is 60.4 Å². The van der Waals surface area contributed by atoms with E-state index in [1.54, 1.807) is 0 Å².